The lowest BCUT2D eigenvalue weighted by Gasteiger charge is -2.26. The lowest BCUT2D eigenvalue weighted by Crippen LogP contribution is -2.29. The number of amides is 1. The number of aromatic carboxylic acids is 2. The predicted octanol–water partition coefficient (Wildman–Crippen LogP) is 6.16. The van der Waals surface area contributed by atoms with Crippen LogP contribution in [-0.2, 0) is 4.79 Å². The van der Waals surface area contributed by atoms with Crippen LogP contribution in [0, 0.1) is 5.92 Å². The van der Waals surface area contributed by atoms with Crippen molar-refractivity contribution in [1.82, 2.24) is 10.3 Å². The molecule has 1 fully saturated rings. The Morgan fingerprint density at radius 1 is 1.02 bits per heavy atom. The van der Waals surface area contributed by atoms with Gasteiger partial charge in [-0.25, -0.2) is 9.59 Å². The summed E-state index contributed by atoms with van der Waals surface area (Å²) in [6, 6.07) is 16.8. The van der Waals surface area contributed by atoms with Crippen LogP contribution in [0.2, 0.25) is 5.02 Å². The second-order valence-corrected chi connectivity index (χ2v) is 10.7. The van der Waals surface area contributed by atoms with Crippen molar-refractivity contribution in [3.8, 4) is 11.3 Å². The number of halogens is 1. The summed E-state index contributed by atoms with van der Waals surface area (Å²) in [4.78, 5) is 41.9. The monoisotopic (exact) mass is 604 g/mol. The summed E-state index contributed by atoms with van der Waals surface area (Å²) in [6.45, 7) is 3.57. The number of hydrogen-bond acceptors (Lipinski definition) is 6. The maximum Gasteiger partial charge on any atom is 0.335 e. The van der Waals surface area contributed by atoms with Crippen LogP contribution in [0.3, 0.4) is 0 Å². The second-order valence-electron chi connectivity index (χ2n) is 9.92. The molecule has 0 saturated carbocycles. The van der Waals surface area contributed by atoms with Crippen LogP contribution in [-0.4, -0.2) is 38.2 Å². The molecule has 0 bridgehead atoms. The highest BCUT2D eigenvalue weighted by atomic mass is 35.5. The van der Waals surface area contributed by atoms with Gasteiger partial charge in [0.15, 0.2) is 5.11 Å². The topological polar surface area (TPSA) is 145 Å². The molecule has 0 spiro atoms. The van der Waals surface area contributed by atoms with E-state index in [0.717, 1.165) is 6.07 Å². The van der Waals surface area contributed by atoms with Gasteiger partial charge in [-0.1, -0.05) is 31.5 Å². The molecule has 2 atom stereocenters. The molecule has 0 radical (unpaired) electrons. The van der Waals surface area contributed by atoms with Crippen molar-refractivity contribution in [1.29, 1.82) is 0 Å². The summed E-state index contributed by atoms with van der Waals surface area (Å²) in [5.74, 6) is -2.19. The van der Waals surface area contributed by atoms with Gasteiger partial charge in [0.2, 0.25) is 5.91 Å². The van der Waals surface area contributed by atoms with Gasteiger partial charge < -0.3 is 30.2 Å². The molecule has 5 rings (SSSR count). The van der Waals surface area contributed by atoms with Crippen molar-refractivity contribution in [2.45, 2.75) is 25.9 Å². The molecule has 214 valence electrons. The van der Waals surface area contributed by atoms with E-state index in [9.17, 15) is 24.6 Å². The molecule has 4 N–H and O–H groups in total. The van der Waals surface area contributed by atoms with Crippen LogP contribution >= 0.6 is 23.8 Å². The average molecular weight is 605 g/mol. The number of hydrogen-bond donors (Lipinski definition) is 4. The Hall–Kier alpha value is -4.74. The standard InChI is InChI=1S/C30H25ClN4O6S/c1-15(2)27(36)33-21-7-6-19(14-20(21)31)35-26(25(34-30(35)42)22-5-3-4-10-32-22)24-9-8-23(41-24)16-11-17(28(37)38)13-18(12-16)29(39)40/h3-15,25-26H,1-2H3,(H,33,36)(H,34,42)(H,37,38)(H,39,40). The minimum Gasteiger partial charge on any atom is -0.478 e. The molecule has 1 aliphatic rings. The summed E-state index contributed by atoms with van der Waals surface area (Å²) in [5, 5.41) is 25.8. The van der Waals surface area contributed by atoms with E-state index in [4.69, 9.17) is 28.2 Å². The highest BCUT2D eigenvalue weighted by Gasteiger charge is 2.42. The van der Waals surface area contributed by atoms with Crippen molar-refractivity contribution in [2.24, 2.45) is 5.92 Å². The first-order valence-corrected chi connectivity index (χ1v) is 13.6. The number of aromatic nitrogens is 1. The Labute approximate surface area is 250 Å². The third-order valence-corrected chi connectivity index (χ3v) is 7.37. The Bertz CT molecular complexity index is 1670. The summed E-state index contributed by atoms with van der Waals surface area (Å²) < 4.78 is 6.26. The normalized spacial score (nSPS) is 16.4. The molecule has 0 aliphatic carbocycles. The van der Waals surface area contributed by atoms with E-state index in [1.54, 1.807) is 56.4 Å². The van der Waals surface area contributed by atoms with Crippen LogP contribution in [0.15, 0.2) is 77.3 Å². The molecule has 4 aromatic rings. The lowest BCUT2D eigenvalue weighted by atomic mass is 10.0. The van der Waals surface area contributed by atoms with Crippen molar-refractivity contribution >= 4 is 58.2 Å². The molecule has 3 heterocycles. The largest absolute Gasteiger partial charge is 0.478 e. The Balaban J connectivity index is 1.58. The number of rotatable bonds is 8. The zero-order valence-electron chi connectivity index (χ0n) is 22.4. The van der Waals surface area contributed by atoms with Gasteiger partial charge in [-0.05, 0) is 72.9 Å². The summed E-state index contributed by atoms with van der Waals surface area (Å²) in [7, 11) is 0. The third kappa shape index (κ3) is 5.69. The number of benzene rings is 2. The van der Waals surface area contributed by atoms with Crippen molar-refractivity contribution in [2.75, 3.05) is 10.2 Å². The molecule has 1 amide bonds. The van der Waals surface area contributed by atoms with Crippen molar-refractivity contribution < 1.29 is 29.0 Å². The van der Waals surface area contributed by atoms with Gasteiger partial charge in [0.25, 0.3) is 0 Å². The molecule has 42 heavy (non-hydrogen) atoms. The minimum absolute atomic E-state index is 0.169. The second kappa shape index (κ2) is 11.6. The first kappa shape index (κ1) is 28.8. The third-order valence-electron chi connectivity index (χ3n) is 6.74. The maximum atomic E-state index is 12.2. The van der Waals surface area contributed by atoms with Gasteiger partial charge in [-0.2, -0.15) is 0 Å². The number of nitrogens with zero attached hydrogens (tertiary/aromatic N) is 2. The number of nitrogens with one attached hydrogen (secondary N) is 2. The Morgan fingerprint density at radius 2 is 1.74 bits per heavy atom. The number of carboxylic acid groups (broad SMARTS) is 2. The van der Waals surface area contributed by atoms with Gasteiger partial charge in [0.1, 0.15) is 17.6 Å². The number of carbonyl (C=O) groups is 3. The predicted molar refractivity (Wildman–Crippen MR) is 161 cm³/mol. The Kier molecular flexibility index (Phi) is 7.97. The molecule has 1 saturated heterocycles. The molecule has 2 unspecified atom stereocenters. The first-order valence-electron chi connectivity index (χ1n) is 12.9. The zero-order valence-corrected chi connectivity index (χ0v) is 23.9. The summed E-state index contributed by atoms with van der Waals surface area (Å²) >= 11 is 12.3. The highest BCUT2D eigenvalue weighted by Crippen LogP contribution is 2.44. The van der Waals surface area contributed by atoms with Gasteiger partial charge in [0, 0.05) is 23.4 Å². The van der Waals surface area contributed by atoms with Crippen LogP contribution in [0.5, 0.6) is 0 Å². The SMILES string of the molecule is CC(C)C(=O)Nc1ccc(N2C(=S)NC(c3ccccn3)C2c2ccc(-c3cc(C(=O)O)cc(C(=O)O)c3)o2)cc1Cl. The fourth-order valence-corrected chi connectivity index (χ4v) is 5.21. The van der Waals surface area contributed by atoms with Crippen molar-refractivity contribution in [3.05, 3.63) is 101 Å². The fourth-order valence-electron chi connectivity index (χ4n) is 4.64. The highest BCUT2D eigenvalue weighted by molar-refractivity contribution is 7.80. The van der Waals surface area contributed by atoms with E-state index in [1.165, 1.54) is 12.1 Å². The molecular weight excluding hydrogens is 580 g/mol. The van der Waals surface area contributed by atoms with Gasteiger partial charge in [0.05, 0.1) is 33.6 Å². The molecule has 2 aromatic heterocycles. The Morgan fingerprint density at radius 3 is 2.33 bits per heavy atom. The first-order chi connectivity index (χ1) is 20.0. The number of carboxylic acids is 2. The molecule has 1 aliphatic heterocycles. The van der Waals surface area contributed by atoms with Crippen LogP contribution in [0.4, 0.5) is 11.4 Å². The smallest absolute Gasteiger partial charge is 0.335 e. The molecule has 2 aromatic carbocycles. The van der Waals surface area contributed by atoms with E-state index in [0.29, 0.717) is 38.5 Å². The van der Waals surface area contributed by atoms with Crippen LogP contribution < -0.4 is 15.5 Å². The maximum absolute atomic E-state index is 12.2. The average Bonchev–Trinajstić information content (AvgIpc) is 3.59. The number of anilines is 2. The van der Waals surface area contributed by atoms with E-state index in [2.05, 4.69) is 15.6 Å². The van der Waals surface area contributed by atoms with E-state index < -0.39 is 24.0 Å². The van der Waals surface area contributed by atoms with Gasteiger partial charge in [-0.15, -0.1) is 0 Å². The lowest BCUT2D eigenvalue weighted by molar-refractivity contribution is -0.118. The molecule has 12 heteroatoms. The summed E-state index contributed by atoms with van der Waals surface area (Å²) in [5.41, 5.74) is 1.71. The summed E-state index contributed by atoms with van der Waals surface area (Å²) in [6.07, 6.45) is 1.67. The van der Waals surface area contributed by atoms with Crippen LogP contribution in [0.25, 0.3) is 11.3 Å². The zero-order chi connectivity index (χ0) is 30.1. The minimum atomic E-state index is -1.26. The number of carbonyl (C=O) groups excluding carboxylic acids is 1. The van der Waals surface area contributed by atoms with Crippen LogP contribution in [0.1, 0.15) is 58.1 Å². The number of pyridine rings is 1. The van der Waals surface area contributed by atoms with E-state index in [-0.39, 0.29) is 28.7 Å². The number of thiocarbonyl (C=S) groups is 1. The van der Waals surface area contributed by atoms with E-state index >= 15 is 0 Å². The van der Waals surface area contributed by atoms with E-state index in [1.807, 2.05) is 17.0 Å². The molecular formula is C30H25ClN4O6S. The number of furan rings is 1. The van der Waals surface area contributed by atoms with Gasteiger partial charge >= 0.3 is 11.9 Å². The molecule has 10 nitrogen and oxygen atoms in total. The quantitative estimate of drug-likeness (QED) is 0.172. The van der Waals surface area contributed by atoms with Gasteiger partial charge in [-0.3, -0.25) is 9.78 Å². The fraction of sp³-hybridized carbons (Fsp3) is 0.167. The van der Waals surface area contributed by atoms with Crippen molar-refractivity contribution in [3.63, 3.8) is 0 Å².